The third-order valence-corrected chi connectivity index (χ3v) is 3.32. The molecule has 3 heteroatoms. The number of hydrogen-bond donors (Lipinski definition) is 1. The molecule has 0 saturated carbocycles. The van der Waals surface area contributed by atoms with Crippen LogP contribution >= 0.6 is 0 Å². The highest BCUT2D eigenvalue weighted by molar-refractivity contribution is 5.36. The predicted molar refractivity (Wildman–Crippen MR) is 82.0 cm³/mol. The van der Waals surface area contributed by atoms with Crippen molar-refractivity contribution >= 4 is 0 Å². The van der Waals surface area contributed by atoms with Gasteiger partial charge in [0.2, 0.25) is 0 Å². The van der Waals surface area contributed by atoms with Crippen molar-refractivity contribution in [2.45, 2.75) is 25.8 Å². The van der Waals surface area contributed by atoms with Crippen molar-refractivity contribution in [3.63, 3.8) is 0 Å². The van der Waals surface area contributed by atoms with E-state index in [0.717, 1.165) is 25.1 Å². The van der Waals surface area contributed by atoms with Crippen LogP contribution in [0.4, 0.5) is 0 Å². The minimum absolute atomic E-state index is 0.246. The fourth-order valence-corrected chi connectivity index (χ4v) is 2.32. The molecule has 2 aromatic rings. The van der Waals surface area contributed by atoms with E-state index in [4.69, 9.17) is 4.74 Å². The highest BCUT2D eigenvalue weighted by atomic mass is 16.5. The lowest BCUT2D eigenvalue weighted by Crippen LogP contribution is -2.24. The molecule has 0 amide bonds. The average Bonchev–Trinajstić information content (AvgIpc) is 2.52. The van der Waals surface area contributed by atoms with Crippen LogP contribution in [0.25, 0.3) is 0 Å². The first kappa shape index (κ1) is 14.5. The van der Waals surface area contributed by atoms with Crippen LogP contribution in [0.1, 0.15) is 30.5 Å². The molecule has 2 rings (SSSR count). The molecule has 0 aliphatic carbocycles. The molecule has 1 atom stereocenters. The van der Waals surface area contributed by atoms with Gasteiger partial charge in [-0.2, -0.15) is 0 Å². The van der Waals surface area contributed by atoms with Crippen molar-refractivity contribution in [2.75, 3.05) is 13.7 Å². The maximum Gasteiger partial charge on any atom is 0.123 e. The number of nitrogens with one attached hydrogen (secondary N) is 1. The first-order chi connectivity index (χ1) is 9.85. The maximum absolute atomic E-state index is 5.49. The quantitative estimate of drug-likeness (QED) is 0.837. The summed E-state index contributed by atoms with van der Waals surface area (Å²) in [7, 11) is 1.72. The summed E-state index contributed by atoms with van der Waals surface area (Å²) in [6.45, 7) is 3.17. The zero-order valence-electron chi connectivity index (χ0n) is 12.2. The van der Waals surface area contributed by atoms with Crippen LogP contribution in [-0.2, 0) is 6.42 Å². The first-order valence-corrected chi connectivity index (χ1v) is 7.10. The summed E-state index contributed by atoms with van der Waals surface area (Å²) in [6, 6.07) is 12.5. The molecule has 3 nitrogen and oxygen atoms in total. The minimum atomic E-state index is 0.246. The highest BCUT2D eigenvalue weighted by Gasteiger charge is 2.15. The van der Waals surface area contributed by atoms with Gasteiger partial charge in [-0.15, -0.1) is 0 Å². The normalized spacial score (nSPS) is 12.1. The molecule has 1 heterocycles. The summed E-state index contributed by atoms with van der Waals surface area (Å²) in [4.78, 5) is 4.20. The summed E-state index contributed by atoms with van der Waals surface area (Å²) in [6.07, 6.45) is 5.75. The monoisotopic (exact) mass is 270 g/mol. The number of benzene rings is 1. The number of nitrogens with zero attached hydrogens (tertiary/aromatic N) is 1. The van der Waals surface area contributed by atoms with Crippen molar-refractivity contribution in [1.29, 1.82) is 0 Å². The van der Waals surface area contributed by atoms with E-state index in [2.05, 4.69) is 35.4 Å². The predicted octanol–water partition coefficient (Wildman–Crippen LogP) is 3.37. The van der Waals surface area contributed by atoms with Crippen molar-refractivity contribution in [1.82, 2.24) is 10.3 Å². The van der Waals surface area contributed by atoms with Gasteiger partial charge in [-0.1, -0.05) is 31.2 Å². The smallest absolute Gasteiger partial charge is 0.123 e. The van der Waals surface area contributed by atoms with Gasteiger partial charge < -0.3 is 10.1 Å². The van der Waals surface area contributed by atoms with Gasteiger partial charge in [0.15, 0.2) is 0 Å². The second kappa shape index (κ2) is 7.65. The molecule has 0 bridgehead atoms. The Morgan fingerprint density at radius 3 is 2.75 bits per heavy atom. The first-order valence-electron chi connectivity index (χ1n) is 7.10. The third kappa shape index (κ3) is 3.81. The van der Waals surface area contributed by atoms with E-state index in [1.165, 1.54) is 11.1 Å². The van der Waals surface area contributed by atoms with Gasteiger partial charge in [-0.3, -0.25) is 4.98 Å². The number of aromatic nitrogens is 1. The Bertz CT molecular complexity index is 513. The van der Waals surface area contributed by atoms with Crippen LogP contribution in [0.15, 0.2) is 48.8 Å². The molecule has 1 aromatic carbocycles. The number of rotatable bonds is 7. The Hall–Kier alpha value is -1.87. The number of hydrogen-bond acceptors (Lipinski definition) is 3. The second-order valence-corrected chi connectivity index (χ2v) is 4.81. The molecule has 0 fully saturated rings. The van der Waals surface area contributed by atoms with E-state index >= 15 is 0 Å². The number of pyridine rings is 1. The van der Waals surface area contributed by atoms with Crippen molar-refractivity contribution in [2.24, 2.45) is 0 Å². The van der Waals surface area contributed by atoms with Gasteiger partial charge in [0.25, 0.3) is 0 Å². The Morgan fingerprint density at radius 2 is 2.05 bits per heavy atom. The summed E-state index contributed by atoms with van der Waals surface area (Å²) in [5, 5.41) is 3.60. The molecule has 0 spiro atoms. The van der Waals surface area contributed by atoms with Crippen LogP contribution in [0.3, 0.4) is 0 Å². The molecule has 1 N–H and O–H groups in total. The van der Waals surface area contributed by atoms with Crippen LogP contribution < -0.4 is 10.1 Å². The molecule has 0 aliphatic heterocycles. The highest BCUT2D eigenvalue weighted by Crippen LogP contribution is 2.27. The molecular formula is C17H22N2O. The minimum Gasteiger partial charge on any atom is -0.496 e. The third-order valence-electron chi connectivity index (χ3n) is 3.32. The summed E-state index contributed by atoms with van der Waals surface area (Å²) in [5.74, 6) is 0.935. The van der Waals surface area contributed by atoms with Gasteiger partial charge in [0, 0.05) is 24.0 Å². The maximum atomic E-state index is 5.49. The van der Waals surface area contributed by atoms with Crippen LogP contribution in [0.2, 0.25) is 0 Å². The molecule has 0 aliphatic rings. The van der Waals surface area contributed by atoms with Gasteiger partial charge in [0.1, 0.15) is 5.75 Å². The van der Waals surface area contributed by atoms with E-state index in [0.29, 0.717) is 0 Å². The summed E-state index contributed by atoms with van der Waals surface area (Å²) in [5.41, 5.74) is 2.43. The van der Waals surface area contributed by atoms with Gasteiger partial charge in [-0.25, -0.2) is 0 Å². The number of methoxy groups -OCH3 is 1. The number of ether oxygens (including phenoxy) is 1. The molecule has 1 aromatic heterocycles. The lowest BCUT2D eigenvalue weighted by atomic mass is 9.98. The van der Waals surface area contributed by atoms with Gasteiger partial charge >= 0.3 is 0 Å². The zero-order valence-corrected chi connectivity index (χ0v) is 12.2. The molecule has 0 radical (unpaired) electrons. The Balaban J connectivity index is 2.22. The molecule has 20 heavy (non-hydrogen) atoms. The van der Waals surface area contributed by atoms with Crippen molar-refractivity contribution < 1.29 is 4.74 Å². The summed E-state index contributed by atoms with van der Waals surface area (Å²) < 4.78 is 5.49. The Kier molecular flexibility index (Phi) is 5.56. The van der Waals surface area contributed by atoms with Gasteiger partial charge in [-0.05, 0) is 37.1 Å². The summed E-state index contributed by atoms with van der Waals surface area (Å²) >= 11 is 0. The fourth-order valence-electron chi connectivity index (χ4n) is 2.32. The van der Waals surface area contributed by atoms with E-state index < -0.39 is 0 Å². The van der Waals surface area contributed by atoms with E-state index in [-0.39, 0.29) is 6.04 Å². The average molecular weight is 270 g/mol. The largest absolute Gasteiger partial charge is 0.496 e. The van der Waals surface area contributed by atoms with E-state index in [1.807, 2.05) is 24.4 Å². The lowest BCUT2D eigenvalue weighted by Gasteiger charge is -2.21. The standard InChI is InChI=1S/C17H22N2O/c1-3-10-19-16(12-14-7-6-11-18-13-14)15-8-4-5-9-17(15)20-2/h4-9,11,13,16,19H,3,10,12H2,1-2H3. The van der Waals surface area contributed by atoms with Crippen molar-refractivity contribution in [3.8, 4) is 5.75 Å². The SMILES string of the molecule is CCCNC(Cc1cccnc1)c1ccccc1OC. The molecule has 106 valence electrons. The van der Waals surface area contributed by atoms with Gasteiger partial charge in [0.05, 0.1) is 7.11 Å². The fraction of sp³-hybridized carbons (Fsp3) is 0.353. The Labute approximate surface area is 121 Å². The van der Waals surface area contributed by atoms with E-state index in [9.17, 15) is 0 Å². The van der Waals surface area contributed by atoms with Crippen LogP contribution in [0, 0.1) is 0 Å². The van der Waals surface area contributed by atoms with Crippen LogP contribution in [0.5, 0.6) is 5.75 Å². The zero-order chi connectivity index (χ0) is 14.2. The molecule has 0 saturated heterocycles. The van der Waals surface area contributed by atoms with Crippen LogP contribution in [-0.4, -0.2) is 18.6 Å². The topological polar surface area (TPSA) is 34.2 Å². The lowest BCUT2D eigenvalue weighted by molar-refractivity contribution is 0.398. The van der Waals surface area contributed by atoms with E-state index in [1.54, 1.807) is 13.3 Å². The molecular weight excluding hydrogens is 248 g/mol. The Morgan fingerprint density at radius 1 is 1.20 bits per heavy atom. The van der Waals surface area contributed by atoms with Crippen molar-refractivity contribution in [3.05, 3.63) is 59.9 Å². The second-order valence-electron chi connectivity index (χ2n) is 4.81. The molecule has 1 unspecified atom stereocenters. The number of para-hydroxylation sites is 1.